The summed E-state index contributed by atoms with van der Waals surface area (Å²) in [6.45, 7) is 19.8. The molecule has 2 aromatic carbocycles. The van der Waals surface area contributed by atoms with E-state index in [1.54, 1.807) is 33.4 Å². The zero-order valence-electron chi connectivity index (χ0n) is 21.2. The van der Waals surface area contributed by atoms with E-state index < -0.39 is 20.4 Å². The van der Waals surface area contributed by atoms with Crippen LogP contribution in [0.5, 0.6) is 0 Å². The number of hydrogen-bond donors (Lipinski definition) is 0. The second-order valence-electron chi connectivity index (χ2n) is 9.85. The third-order valence-electron chi connectivity index (χ3n) is 7.58. The fourth-order valence-electron chi connectivity index (χ4n) is 5.82. The molecule has 0 N–H and O–H groups in total. The molecule has 2 aliphatic rings. The van der Waals surface area contributed by atoms with Crippen LogP contribution in [0.4, 0.5) is 0 Å². The zero-order valence-corrected chi connectivity index (χ0v) is 26.3. The number of fused-ring (bicyclic) bond motifs is 1. The molecule has 2 aromatic rings. The maximum Gasteiger partial charge on any atom is -0.147 e. The van der Waals surface area contributed by atoms with Crippen molar-refractivity contribution in [3.63, 3.8) is 0 Å². The van der Waals surface area contributed by atoms with Crippen LogP contribution in [0.2, 0.25) is 13.1 Å². The molecule has 4 rings (SSSR count). The van der Waals surface area contributed by atoms with E-state index in [0.29, 0.717) is 15.5 Å². The van der Waals surface area contributed by atoms with Crippen molar-refractivity contribution in [3.8, 4) is 0 Å². The van der Waals surface area contributed by atoms with E-state index in [1.807, 2.05) is 3.28 Å². The molecule has 0 spiro atoms. The fourth-order valence-corrected chi connectivity index (χ4v) is 26.6. The van der Waals surface area contributed by atoms with E-state index in [4.69, 9.17) is 0 Å². The molecule has 0 radical (unpaired) electrons. The first kappa shape index (κ1) is 28.6. The molecule has 0 amide bonds. The van der Waals surface area contributed by atoms with Gasteiger partial charge in [0.2, 0.25) is 0 Å². The van der Waals surface area contributed by atoms with Gasteiger partial charge in [0.05, 0.1) is 0 Å². The van der Waals surface area contributed by atoms with Gasteiger partial charge in [-0.25, -0.2) is 0 Å². The second kappa shape index (κ2) is 11.4. The largest absolute Gasteiger partial charge is 0.147 e. The quantitative estimate of drug-likeness (QED) is 0.318. The van der Waals surface area contributed by atoms with Gasteiger partial charge in [0.1, 0.15) is 0 Å². The van der Waals surface area contributed by atoms with Crippen LogP contribution in [0, 0.1) is 11.8 Å². The van der Waals surface area contributed by atoms with Crippen molar-refractivity contribution in [1.82, 2.24) is 0 Å². The van der Waals surface area contributed by atoms with Crippen molar-refractivity contribution in [2.75, 3.05) is 0 Å². The Hall–Kier alpha value is -0.660. The normalized spacial score (nSPS) is 19.5. The maximum atomic E-state index is 2.62. The Kier molecular flexibility index (Phi) is 9.86. The van der Waals surface area contributed by atoms with Crippen molar-refractivity contribution in [1.29, 1.82) is 0 Å². The molecule has 2 unspecified atom stereocenters. The molecule has 0 aliphatic heterocycles. The summed E-state index contributed by atoms with van der Waals surface area (Å²) in [5.41, 5.74) is 12.3. The van der Waals surface area contributed by atoms with Gasteiger partial charge in [-0.15, -0.1) is 24.8 Å². The second-order valence-corrected chi connectivity index (χ2v) is 27.2. The summed E-state index contributed by atoms with van der Waals surface area (Å²) in [7, 11) is 0. The van der Waals surface area contributed by atoms with Crippen molar-refractivity contribution < 1.29 is 20.4 Å². The molecule has 0 bridgehead atoms. The summed E-state index contributed by atoms with van der Waals surface area (Å²) >= 11 is -2.01. The van der Waals surface area contributed by atoms with Crippen molar-refractivity contribution in [3.05, 3.63) is 96.9 Å². The Labute approximate surface area is 221 Å². The fraction of sp³-hybridized carbons (Fsp3) is 0.379. The summed E-state index contributed by atoms with van der Waals surface area (Å²) in [6, 6.07) is 20.6. The molecule has 4 heteroatoms. The molecular weight excluding hydrogens is 539 g/mol. The predicted octanol–water partition coefficient (Wildman–Crippen LogP) is 9.17. The Morgan fingerprint density at radius 3 is 1.91 bits per heavy atom. The van der Waals surface area contributed by atoms with Gasteiger partial charge in [-0.05, 0) is 0 Å². The maximum absolute atomic E-state index is 2.62. The van der Waals surface area contributed by atoms with Crippen molar-refractivity contribution in [2.45, 2.75) is 58.3 Å². The third kappa shape index (κ3) is 4.88. The van der Waals surface area contributed by atoms with Crippen LogP contribution in [0.15, 0.2) is 80.2 Å². The molecule has 0 nitrogen and oxygen atoms in total. The van der Waals surface area contributed by atoms with Gasteiger partial charge in [-0.2, -0.15) is 0 Å². The standard InChI is InChI=1S/C18H17.C9H13.C2H6Si.2ClH.Zr/c1-13(2)17-12-15-10-6-7-11-16(15)18(17)14-8-4-3-5-9-14;1-6-5-7(2)9(4)8(6)3;1-3-2;;;/h3-13H,1-2H3;6H,1-4H3;1-2H3;2*1H;. The molecule has 0 saturated carbocycles. The molecule has 2 atom stereocenters. The van der Waals surface area contributed by atoms with Gasteiger partial charge in [0.25, 0.3) is 0 Å². The summed E-state index contributed by atoms with van der Waals surface area (Å²) in [5, 5.41) is 0. The minimum atomic E-state index is -2.01. The first-order valence-electron chi connectivity index (χ1n) is 11.7. The molecular formula is C29H38Cl2SiZr. The van der Waals surface area contributed by atoms with E-state index in [0.717, 1.165) is 0 Å². The summed E-state index contributed by atoms with van der Waals surface area (Å²) in [4.78, 5) is 0. The van der Waals surface area contributed by atoms with E-state index in [9.17, 15) is 0 Å². The average Bonchev–Trinajstić information content (AvgIpc) is 3.19. The molecule has 2 aliphatic carbocycles. The van der Waals surface area contributed by atoms with Gasteiger partial charge in [0.15, 0.2) is 0 Å². The van der Waals surface area contributed by atoms with Crippen LogP contribution in [0.3, 0.4) is 0 Å². The van der Waals surface area contributed by atoms with Crippen LogP contribution in [-0.2, 0) is 20.4 Å². The summed E-state index contributed by atoms with van der Waals surface area (Å²) in [6.07, 6.45) is 0. The van der Waals surface area contributed by atoms with E-state index >= 15 is 0 Å². The molecule has 0 aromatic heterocycles. The Balaban J connectivity index is 0.00000193. The Morgan fingerprint density at radius 2 is 1.39 bits per heavy atom. The number of rotatable bonds is 4. The first-order chi connectivity index (χ1) is 14.8. The number of hydrogen-bond acceptors (Lipinski definition) is 0. The van der Waals surface area contributed by atoms with E-state index in [1.165, 1.54) is 11.1 Å². The van der Waals surface area contributed by atoms with Gasteiger partial charge >= 0.3 is 198 Å². The van der Waals surface area contributed by atoms with Crippen LogP contribution in [0.1, 0.15) is 61.9 Å². The topological polar surface area (TPSA) is 0 Å². The molecule has 176 valence electrons. The molecule has 33 heavy (non-hydrogen) atoms. The van der Waals surface area contributed by atoms with Gasteiger partial charge < -0.3 is 0 Å². The van der Waals surface area contributed by atoms with E-state index in [2.05, 4.69) is 109 Å². The minimum Gasteiger partial charge on any atom is -0.147 e. The molecule has 0 heterocycles. The summed E-state index contributed by atoms with van der Waals surface area (Å²) < 4.78 is 2.60. The van der Waals surface area contributed by atoms with Crippen LogP contribution in [-0.4, -0.2) is 5.43 Å². The van der Waals surface area contributed by atoms with Crippen LogP contribution < -0.4 is 0 Å². The van der Waals surface area contributed by atoms with Crippen molar-refractivity contribution >= 4 is 35.8 Å². The summed E-state index contributed by atoms with van der Waals surface area (Å²) in [5.74, 6) is 1.22. The third-order valence-corrected chi connectivity index (χ3v) is 26.3. The number of benzene rings is 2. The van der Waals surface area contributed by atoms with Gasteiger partial charge in [-0.3, -0.25) is 0 Å². The SMILES string of the molecule is CC1=C(C)C(C)[C]([Zr]([CH]2C(C(C)C)=C(c3ccccc3)c3ccccc32)=[Si](C)C)=C1C.Cl.Cl. The monoisotopic (exact) mass is 574 g/mol. The minimum absolute atomic E-state index is 0. The van der Waals surface area contributed by atoms with Crippen LogP contribution in [0.25, 0.3) is 5.57 Å². The predicted molar refractivity (Wildman–Crippen MR) is 149 cm³/mol. The Morgan fingerprint density at radius 1 is 0.818 bits per heavy atom. The smallest absolute Gasteiger partial charge is 0.147 e. The van der Waals surface area contributed by atoms with Gasteiger partial charge in [0, 0.05) is 0 Å². The Bertz CT molecular complexity index is 1170. The molecule has 0 saturated heterocycles. The van der Waals surface area contributed by atoms with Gasteiger partial charge in [-0.1, -0.05) is 0 Å². The van der Waals surface area contributed by atoms with E-state index in [-0.39, 0.29) is 30.2 Å². The van der Waals surface area contributed by atoms with Crippen LogP contribution >= 0.6 is 24.8 Å². The zero-order chi connectivity index (χ0) is 22.4. The molecule has 0 fully saturated rings. The van der Waals surface area contributed by atoms with Crippen molar-refractivity contribution in [2.24, 2.45) is 11.8 Å². The number of allylic oxidation sites excluding steroid dienone is 5. The average molecular weight is 577 g/mol. The number of halogens is 2. The first-order valence-corrected chi connectivity index (χ1v) is 20.5.